The highest BCUT2D eigenvalue weighted by Crippen LogP contribution is 2.13. The van der Waals surface area contributed by atoms with Crippen LogP contribution in [0.5, 0.6) is 0 Å². The van der Waals surface area contributed by atoms with Crippen molar-refractivity contribution in [3.8, 4) is 0 Å². The van der Waals surface area contributed by atoms with Crippen molar-refractivity contribution in [1.29, 1.82) is 0 Å². The molecule has 0 radical (unpaired) electrons. The lowest BCUT2D eigenvalue weighted by molar-refractivity contribution is -0.145. The minimum atomic E-state index is -0.696. The summed E-state index contributed by atoms with van der Waals surface area (Å²) in [4.78, 5) is 50.3. The van der Waals surface area contributed by atoms with Gasteiger partial charge in [-0.2, -0.15) is 0 Å². The predicted molar refractivity (Wildman–Crippen MR) is 173 cm³/mol. The molecule has 45 heavy (non-hydrogen) atoms. The summed E-state index contributed by atoms with van der Waals surface area (Å²) in [5.41, 5.74) is 1.86. The van der Waals surface area contributed by atoms with E-state index in [9.17, 15) is 24.3 Å². The summed E-state index contributed by atoms with van der Waals surface area (Å²) >= 11 is 0. The molecule has 10 heteroatoms. The van der Waals surface area contributed by atoms with E-state index in [1.54, 1.807) is 12.2 Å². The first kappa shape index (κ1) is 36.8. The van der Waals surface area contributed by atoms with E-state index in [0.29, 0.717) is 38.6 Å². The van der Waals surface area contributed by atoms with E-state index in [4.69, 9.17) is 9.47 Å². The van der Waals surface area contributed by atoms with E-state index in [1.165, 1.54) is 0 Å². The average molecular weight is 622 g/mol. The van der Waals surface area contributed by atoms with Crippen LogP contribution in [-0.4, -0.2) is 60.8 Å². The standard InChI is InChI=1S/C35H47N3O7/c1-3-5-20-33(41)44-26-30(19-12-13-21-36-35(43)45-25-28-17-10-7-11-18-28)38-34(42)29(14-4-2)23-32(40)37-31(24-39)22-27-15-8-6-9-16-27/h3-4,6-11,15-18,29-31,39H,1-2,5,12-14,19-26H2,(H,36,43)(H,37,40)(H,38,42)/t29-,30-,31-/m0/s1. The molecule has 0 fully saturated rings. The van der Waals surface area contributed by atoms with E-state index in [2.05, 4.69) is 29.1 Å². The average Bonchev–Trinajstić information content (AvgIpc) is 3.05. The maximum absolute atomic E-state index is 13.3. The van der Waals surface area contributed by atoms with E-state index in [-0.39, 0.29) is 50.9 Å². The molecule has 2 rings (SSSR count). The highest BCUT2D eigenvalue weighted by molar-refractivity contribution is 5.86. The summed E-state index contributed by atoms with van der Waals surface area (Å²) in [6.45, 7) is 7.63. The summed E-state index contributed by atoms with van der Waals surface area (Å²) in [7, 11) is 0. The topological polar surface area (TPSA) is 143 Å². The van der Waals surface area contributed by atoms with Gasteiger partial charge in [0.05, 0.1) is 24.6 Å². The van der Waals surface area contributed by atoms with Gasteiger partial charge in [-0.3, -0.25) is 14.4 Å². The minimum Gasteiger partial charge on any atom is -0.463 e. The molecule has 2 aromatic carbocycles. The summed E-state index contributed by atoms with van der Waals surface area (Å²) in [6.07, 6.45) is 5.72. The Balaban J connectivity index is 1.88. The summed E-state index contributed by atoms with van der Waals surface area (Å²) in [6, 6.07) is 17.9. The van der Waals surface area contributed by atoms with Crippen LogP contribution in [0.25, 0.3) is 0 Å². The van der Waals surface area contributed by atoms with Crippen LogP contribution >= 0.6 is 0 Å². The Labute approximate surface area is 266 Å². The van der Waals surface area contributed by atoms with Crippen molar-refractivity contribution < 1.29 is 33.8 Å². The van der Waals surface area contributed by atoms with Gasteiger partial charge in [-0.1, -0.05) is 72.8 Å². The molecule has 3 amide bonds. The Kier molecular flexibility index (Phi) is 18.1. The SMILES string of the molecule is C=CCCC(=O)OC[C@H](CCCCNC(=O)OCc1ccccc1)NC(=O)[C@@H](CC=C)CC(=O)N[C@H](CO)Cc1ccccc1. The van der Waals surface area contributed by atoms with Gasteiger partial charge in [-0.15, -0.1) is 13.2 Å². The summed E-state index contributed by atoms with van der Waals surface area (Å²) in [5.74, 6) is -1.81. The Hall–Kier alpha value is -4.44. The lowest BCUT2D eigenvalue weighted by atomic mass is 9.98. The number of aliphatic hydroxyl groups is 1. The van der Waals surface area contributed by atoms with E-state index in [0.717, 1.165) is 11.1 Å². The molecule has 0 spiro atoms. The first-order chi connectivity index (χ1) is 21.8. The third kappa shape index (κ3) is 16.3. The van der Waals surface area contributed by atoms with Crippen LogP contribution in [0.15, 0.2) is 86.0 Å². The second-order valence-electron chi connectivity index (χ2n) is 10.8. The number of allylic oxidation sites excluding steroid dienone is 2. The highest BCUT2D eigenvalue weighted by atomic mass is 16.5. The van der Waals surface area contributed by atoms with E-state index in [1.807, 2.05) is 60.7 Å². The van der Waals surface area contributed by atoms with Crippen molar-refractivity contribution in [3.05, 3.63) is 97.1 Å². The molecule has 0 bridgehead atoms. The van der Waals surface area contributed by atoms with Crippen molar-refractivity contribution in [2.24, 2.45) is 5.92 Å². The van der Waals surface area contributed by atoms with Crippen LogP contribution in [0.4, 0.5) is 4.79 Å². The summed E-state index contributed by atoms with van der Waals surface area (Å²) in [5, 5.41) is 18.3. The van der Waals surface area contributed by atoms with Crippen LogP contribution in [0.1, 0.15) is 56.1 Å². The van der Waals surface area contributed by atoms with Gasteiger partial charge in [0.2, 0.25) is 11.8 Å². The number of rotatable bonds is 22. The number of alkyl carbamates (subject to hydrolysis) is 1. The normalized spacial score (nSPS) is 12.6. The molecule has 4 N–H and O–H groups in total. The molecule has 2 aromatic rings. The van der Waals surface area contributed by atoms with Gasteiger partial charge in [0.25, 0.3) is 0 Å². The molecule has 10 nitrogen and oxygen atoms in total. The molecular weight excluding hydrogens is 574 g/mol. The lowest BCUT2D eigenvalue weighted by Gasteiger charge is -2.23. The molecule has 0 aliphatic heterocycles. The van der Waals surface area contributed by atoms with Gasteiger partial charge in [0.1, 0.15) is 13.2 Å². The lowest BCUT2D eigenvalue weighted by Crippen LogP contribution is -2.45. The maximum Gasteiger partial charge on any atom is 0.407 e. The largest absolute Gasteiger partial charge is 0.463 e. The van der Waals surface area contributed by atoms with Gasteiger partial charge >= 0.3 is 12.1 Å². The molecule has 244 valence electrons. The number of hydrogen-bond donors (Lipinski definition) is 4. The third-order valence-electron chi connectivity index (χ3n) is 6.97. The number of benzene rings is 2. The zero-order valence-electron chi connectivity index (χ0n) is 26.0. The summed E-state index contributed by atoms with van der Waals surface area (Å²) < 4.78 is 10.6. The Morgan fingerprint density at radius 3 is 2.18 bits per heavy atom. The molecule has 0 aliphatic rings. The first-order valence-electron chi connectivity index (χ1n) is 15.4. The van der Waals surface area contributed by atoms with Crippen molar-refractivity contribution in [2.45, 2.75) is 70.1 Å². The molecule has 0 heterocycles. The van der Waals surface area contributed by atoms with Crippen LogP contribution in [0, 0.1) is 5.92 Å². The molecular formula is C35H47N3O7. The zero-order chi connectivity index (χ0) is 32.7. The monoisotopic (exact) mass is 621 g/mol. The number of amides is 3. The van der Waals surface area contributed by atoms with Crippen molar-refractivity contribution in [2.75, 3.05) is 19.8 Å². The molecule has 0 saturated heterocycles. The first-order valence-corrected chi connectivity index (χ1v) is 15.4. The maximum atomic E-state index is 13.3. The van der Waals surface area contributed by atoms with Crippen LogP contribution < -0.4 is 16.0 Å². The van der Waals surface area contributed by atoms with E-state index >= 15 is 0 Å². The zero-order valence-corrected chi connectivity index (χ0v) is 26.0. The van der Waals surface area contributed by atoms with Gasteiger partial charge < -0.3 is 30.5 Å². The fourth-order valence-corrected chi connectivity index (χ4v) is 4.54. The quantitative estimate of drug-likeness (QED) is 0.0868. The second kappa shape index (κ2) is 22.1. The molecule has 0 unspecified atom stereocenters. The fraction of sp³-hybridized carbons (Fsp3) is 0.429. The Morgan fingerprint density at radius 1 is 0.844 bits per heavy atom. The molecule has 0 saturated carbocycles. The smallest absolute Gasteiger partial charge is 0.407 e. The van der Waals surface area contributed by atoms with Crippen molar-refractivity contribution >= 4 is 23.9 Å². The van der Waals surface area contributed by atoms with Gasteiger partial charge in [0.15, 0.2) is 0 Å². The molecule has 0 aliphatic carbocycles. The minimum absolute atomic E-state index is 0.0229. The number of nitrogens with one attached hydrogen (secondary N) is 3. The van der Waals surface area contributed by atoms with Gasteiger partial charge in [-0.25, -0.2) is 4.79 Å². The number of carbonyl (C=O) groups is 4. The Morgan fingerprint density at radius 2 is 1.53 bits per heavy atom. The second-order valence-corrected chi connectivity index (χ2v) is 10.8. The van der Waals surface area contributed by atoms with Crippen LogP contribution in [0.3, 0.4) is 0 Å². The number of aliphatic hydroxyl groups excluding tert-OH is 1. The number of unbranched alkanes of at least 4 members (excludes halogenated alkanes) is 1. The molecule has 0 aromatic heterocycles. The predicted octanol–water partition coefficient (Wildman–Crippen LogP) is 4.38. The Bertz CT molecular complexity index is 1190. The highest BCUT2D eigenvalue weighted by Gasteiger charge is 2.25. The van der Waals surface area contributed by atoms with Gasteiger partial charge in [-0.05, 0) is 49.7 Å². The van der Waals surface area contributed by atoms with E-state index < -0.39 is 30.1 Å². The van der Waals surface area contributed by atoms with Crippen LogP contribution in [-0.2, 0) is 36.9 Å². The van der Waals surface area contributed by atoms with Crippen LogP contribution in [0.2, 0.25) is 0 Å². The molecule has 3 atom stereocenters. The van der Waals surface area contributed by atoms with Crippen molar-refractivity contribution in [3.63, 3.8) is 0 Å². The van der Waals surface area contributed by atoms with Crippen molar-refractivity contribution in [1.82, 2.24) is 16.0 Å². The number of ether oxygens (including phenoxy) is 2. The third-order valence-corrected chi connectivity index (χ3v) is 6.97. The number of esters is 1. The number of carbonyl (C=O) groups excluding carboxylic acids is 4. The van der Waals surface area contributed by atoms with Gasteiger partial charge in [0, 0.05) is 19.4 Å². The number of hydrogen-bond acceptors (Lipinski definition) is 7. The fourth-order valence-electron chi connectivity index (χ4n) is 4.54.